The molecule has 0 aromatic heterocycles. The maximum atomic E-state index is 13.3. The SMILES string of the molecule is COC(=O)CCS[C@@H](C)C(=O)Nc1ccccc1F. The number of para-hydroxylation sites is 1. The molecule has 0 aliphatic rings. The van der Waals surface area contributed by atoms with Crippen molar-refractivity contribution in [3.05, 3.63) is 30.1 Å². The second kappa shape index (κ2) is 7.78. The van der Waals surface area contributed by atoms with Crippen molar-refractivity contribution in [2.24, 2.45) is 0 Å². The monoisotopic (exact) mass is 285 g/mol. The summed E-state index contributed by atoms with van der Waals surface area (Å²) in [6.07, 6.45) is 0.248. The van der Waals surface area contributed by atoms with Crippen molar-refractivity contribution in [1.29, 1.82) is 0 Å². The standard InChI is InChI=1S/C13H16FNO3S/c1-9(19-8-7-12(16)18-2)13(17)15-11-6-4-3-5-10(11)14/h3-6,9H,7-8H2,1-2H3,(H,15,17)/t9-/m0/s1. The van der Waals surface area contributed by atoms with Crippen LogP contribution in [-0.4, -0.2) is 30.0 Å². The summed E-state index contributed by atoms with van der Waals surface area (Å²) in [5, 5.41) is 2.14. The molecule has 6 heteroatoms. The lowest BCUT2D eigenvalue weighted by atomic mass is 10.3. The number of benzene rings is 1. The predicted octanol–water partition coefficient (Wildman–Crippen LogP) is 2.45. The van der Waals surface area contributed by atoms with Crippen LogP contribution in [0.3, 0.4) is 0 Å². The molecule has 0 unspecified atom stereocenters. The molecule has 0 aliphatic carbocycles. The molecule has 4 nitrogen and oxygen atoms in total. The Balaban J connectivity index is 2.41. The molecule has 1 aromatic rings. The van der Waals surface area contributed by atoms with Crippen LogP contribution in [0.15, 0.2) is 24.3 Å². The van der Waals surface area contributed by atoms with E-state index in [0.29, 0.717) is 5.75 Å². The first kappa shape index (κ1) is 15.5. The zero-order valence-corrected chi connectivity index (χ0v) is 11.6. The fourth-order valence-electron chi connectivity index (χ4n) is 1.29. The third-order valence-electron chi connectivity index (χ3n) is 2.40. The Morgan fingerprint density at radius 2 is 2.11 bits per heavy atom. The Labute approximate surface area is 115 Å². The summed E-state index contributed by atoms with van der Waals surface area (Å²) in [6, 6.07) is 5.98. The zero-order chi connectivity index (χ0) is 14.3. The summed E-state index contributed by atoms with van der Waals surface area (Å²) in [6.45, 7) is 1.71. The van der Waals surface area contributed by atoms with Gasteiger partial charge < -0.3 is 10.1 Å². The van der Waals surface area contributed by atoms with Crippen LogP contribution in [0.25, 0.3) is 0 Å². The number of esters is 1. The van der Waals surface area contributed by atoms with Crippen LogP contribution < -0.4 is 5.32 Å². The van der Waals surface area contributed by atoms with E-state index in [-0.39, 0.29) is 29.2 Å². The van der Waals surface area contributed by atoms with Gasteiger partial charge in [-0.3, -0.25) is 9.59 Å². The normalized spacial score (nSPS) is 11.7. The van der Waals surface area contributed by atoms with Gasteiger partial charge in [0.25, 0.3) is 0 Å². The van der Waals surface area contributed by atoms with Gasteiger partial charge in [0.1, 0.15) is 5.82 Å². The number of halogens is 1. The summed E-state index contributed by atoms with van der Waals surface area (Å²) in [5.41, 5.74) is 0.160. The van der Waals surface area contributed by atoms with Crippen molar-refractivity contribution in [3.8, 4) is 0 Å². The van der Waals surface area contributed by atoms with Crippen LogP contribution in [0.4, 0.5) is 10.1 Å². The highest BCUT2D eigenvalue weighted by molar-refractivity contribution is 8.00. The van der Waals surface area contributed by atoms with Crippen LogP contribution in [0, 0.1) is 5.82 Å². The van der Waals surface area contributed by atoms with Crippen LogP contribution in [-0.2, 0) is 14.3 Å². The summed E-state index contributed by atoms with van der Waals surface area (Å²) >= 11 is 1.32. The Kier molecular flexibility index (Phi) is 6.35. The molecule has 19 heavy (non-hydrogen) atoms. The number of thioether (sulfide) groups is 1. The fraction of sp³-hybridized carbons (Fsp3) is 0.385. The maximum absolute atomic E-state index is 13.3. The predicted molar refractivity (Wildman–Crippen MR) is 73.6 cm³/mol. The number of hydrogen-bond donors (Lipinski definition) is 1. The molecule has 1 N–H and O–H groups in total. The van der Waals surface area contributed by atoms with E-state index in [9.17, 15) is 14.0 Å². The van der Waals surface area contributed by atoms with E-state index in [4.69, 9.17) is 0 Å². The summed E-state index contributed by atoms with van der Waals surface area (Å²) < 4.78 is 17.8. The van der Waals surface area contributed by atoms with E-state index in [0.717, 1.165) is 0 Å². The van der Waals surface area contributed by atoms with Crippen LogP contribution in [0.2, 0.25) is 0 Å². The largest absolute Gasteiger partial charge is 0.469 e. The molecule has 0 heterocycles. The van der Waals surface area contributed by atoms with Gasteiger partial charge >= 0.3 is 5.97 Å². The molecule has 1 atom stereocenters. The van der Waals surface area contributed by atoms with Crippen molar-refractivity contribution in [3.63, 3.8) is 0 Å². The molecule has 0 saturated carbocycles. The second-order valence-electron chi connectivity index (χ2n) is 3.81. The number of methoxy groups -OCH3 is 1. The van der Waals surface area contributed by atoms with Crippen molar-refractivity contribution in [2.75, 3.05) is 18.2 Å². The van der Waals surface area contributed by atoms with Gasteiger partial charge in [0, 0.05) is 5.75 Å². The highest BCUT2D eigenvalue weighted by atomic mass is 32.2. The lowest BCUT2D eigenvalue weighted by Crippen LogP contribution is -2.23. The van der Waals surface area contributed by atoms with Crippen LogP contribution >= 0.6 is 11.8 Å². The van der Waals surface area contributed by atoms with Crippen molar-refractivity contribution in [1.82, 2.24) is 0 Å². The molecule has 104 valence electrons. The number of ether oxygens (including phenoxy) is 1. The maximum Gasteiger partial charge on any atom is 0.306 e. The highest BCUT2D eigenvalue weighted by Crippen LogP contribution is 2.17. The van der Waals surface area contributed by atoms with E-state index in [1.807, 2.05) is 0 Å². The number of carbonyl (C=O) groups excluding carboxylic acids is 2. The molecule has 0 fully saturated rings. The van der Waals surface area contributed by atoms with E-state index in [1.165, 1.54) is 31.0 Å². The number of nitrogens with one attached hydrogen (secondary N) is 1. The molecule has 1 rings (SSSR count). The van der Waals surface area contributed by atoms with Gasteiger partial charge in [-0.1, -0.05) is 12.1 Å². The molecular formula is C13H16FNO3S. The fourth-order valence-corrected chi connectivity index (χ4v) is 2.14. The van der Waals surface area contributed by atoms with E-state index >= 15 is 0 Å². The van der Waals surface area contributed by atoms with Gasteiger partial charge in [-0.05, 0) is 19.1 Å². The highest BCUT2D eigenvalue weighted by Gasteiger charge is 2.15. The van der Waals surface area contributed by atoms with Crippen molar-refractivity contribution >= 4 is 29.3 Å². The lowest BCUT2D eigenvalue weighted by molar-refractivity contribution is -0.140. The summed E-state index contributed by atoms with van der Waals surface area (Å²) in [4.78, 5) is 22.7. The third kappa shape index (κ3) is 5.30. The average Bonchev–Trinajstić information content (AvgIpc) is 2.40. The number of hydrogen-bond acceptors (Lipinski definition) is 4. The van der Waals surface area contributed by atoms with Gasteiger partial charge in [0.15, 0.2) is 0 Å². The minimum absolute atomic E-state index is 0.160. The number of carbonyl (C=O) groups is 2. The molecule has 0 aliphatic heterocycles. The molecule has 0 bridgehead atoms. The molecule has 0 saturated heterocycles. The number of rotatable bonds is 6. The molecular weight excluding hydrogens is 269 g/mol. The number of anilines is 1. The Morgan fingerprint density at radius 1 is 1.42 bits per heavy atom. The molecule has 1 amide bonds. The minimum Gasteiger partial charge on any atom is -0.469 e. The zero-order valence-electron chi connectivity index (χ0n) is 10.8. The van der Waals surface area contributed by atoms with Gasteiger partial charge in [0.05, 0.1) is 24.5 Å². The first-order valence-electron chi connectivity index (χ1n) is 5.78. The summed E-state index contributed by atoms with van der Waals surface area (Å²) in [7, 11) is 1.32. The topological polar surface area (TPSA) is 55.4 Å². The minimum atomic E-state index is -0.470. The van der Waals surface area contributed by atoms with Crippen molar-refractivity contribution < 1.29 is 18.7 Å². The van der Waals surface area contributed by atoms with Crippen LogP contribution in [0.5, 0.6) is 0 Å². The van der Waals surface area contributed by atoms with Gasteiger partial charge in [0.2, 0.25) is 5.91 Å². The Bertz CT molecular complexity index is 453. The van der Waals surface area contributed by atoms with Crippen molar-refractivity contribution in [2.45, 2.75) is 18.6 Å². The second-order valence-corrected chi connectivity index (χ2v) is 5.26. The van der Waals surface area contributed by atoms with Gasteiger partial charge in [-0.15, -0.1) is 11.8 Å². The lowest BCUT2D eigenvalue weighted by Gasteiger charge is -2.12. The van der Waals surface area contributed by atoms with Gasteiger partial charge in [-0.2, -0.15) is 0 Å². The quantitative estimate of drug-likeness (QED) is 0.816. The Morgan fingerprint density at radius 3 is 2.74 bits per heavy atom. The Hall–Kier alpha value is -1.56. The smallest absolute Gasteiger partial charge is 0.306 e. The first-order chi connectivity index (χ1) is 9.04. The average molecular weight is 285 g/mol. The number of amides is 1. The van der Waals surface area contributed by atoms with Crippen LogP contribution in [0.1, 0.15) is 13.3 Å². The first-order valence-corrected chi connectivity index (χ1v) is 6.83. The third-order valence-corrected chi connectivity index (χ3v) is 3.56. The molecule has 0 radical (unpaired) electrons. The van der Waals surface area contributed by atoms with E-state index in [1.54, 1.807) is 19.1 Å². The van der Waals surface area contributed by atoms with Gasteiger partial charge in [-0.25, -0.2) is 4.39 Å². The molecule has 0 spiro atoms. The van der Waals surface area contributed by atoms with E-state index < -0.39 is 5.82 Å². The molecule has 1 aromatic carbocycles. The summed E-state index contributed by atoms with van der Waals surface area (Å²) in [5.74, 6) is -0.588. The van der Waals surface area contributed by atoms with E-state index in [2.05, 4.69) is 10.1 Å².